The number of rotatable bonds is 7. The van der Waals surface area contributed by atoms with Gasteiger partial charge < -0.3 is 10.2 Å². The second-order valence-corrected chi connectivity index (χ2v) is 8.32. The summed E-state index contributed by atoms with van der Waals surface area (Å²) < 4.78 is 0. The molecule has 2 aliphatic heterocycles. The zero-order chi connectivity index (χ0) is 19.1. The van der Waals surface area contributed by atoms with E-state index in [2.05, 4.69) is 52.0 Å². The number of carbonyl (C=O) groups is 1. The summed E-state index contributed by atoms with van der Waals surface area (Å²) in [7, 11) is 0. The number of carbonyl (C=O) groups excluding carboxylic acids is 1. The average Bonchev–Trinajstić information content (AvgIpc) is 2.71. The highest BCUT2D eigenvalue weighted by atomic mass is 16.1. The largest absolute Gasteiger partial charge is 0.352 e. The number of hydrogen-bond acceptors (Lipinski definition) is 3. The van der Waals surface area contributed by atoms with Crippen molar-refractivity contribution >= 4 is 5.91 Å². The van der Waals surface area contributed by atoms with E-state index in [0.717, 1.165) is 44.5 Å². The van der Waals surface area contributed by atoms with Gasteiger partial charge in [0.15, 0.2) is 0 Å². The van der Waals surface area contributed by atoms with Crippen LogP contribution in [0.25, 0.3) is 0 Å². The summed E-state index contributed by atoms with van der Waals surface area (Å²) in [6, 6.07) is 11.4. The third kappa shape index (κ3) is 6.18. The van der Waals surface area contributed by atoms with E-state index < -0.39 is 0 Å². The molecule has 1 aromatic carbocycles. The average molecular weight is 370 g/mol. The monoisotopic (exact) mass is 369 g/mol. The molecule has 2 aliphatic rings. The molecule has 2 fully saturated rings. The molecule has 0 aromatic heterocycles. The molecule has 0 aliphatic carbocycles. The maximum absolute atomic E-state index is 12.4. The van der Waals surface area contributed by atoms with Gasteiger partial charge >= 0.3 is 0 Å². The van der Waals surface area contributed by atoms with Crippen molar-refractivity contribution in [3.8, 4) is 0 Å². The molecule has 1 amide bonds. The number of nitrogens with zero attached hydrogens (tertiary/aromatic N) is 2. The van der Waals surface area contributed by atoms with Gasteiger partial charge in [0.1, 0.15) is 0 Å². The van der Waals surface area contributed by atoms with Gasteiger partial charge in [0, 0.05) is 25.7 Å². The zero-order valence-corrected chi connectivity index (χ0v) is 16.8. The van der Waals surface area contributed by atoms with Gasteiger partial charge in [-0.25, -0.2) is 0 Å². The van der Waals surface area contributed by atoms with Crippen LogP contribution in [0.5, 0.6) is 0 Å². The lowest BCUT2D eigenvalue weighted by Crippen LogP contribution is -2.51. The Morgan fingerprint density at radius 1 is 1.15 bits per heavy atom. The van der Waals surface area contributed by atoms with E-state index >= 15 is 0 Å². The Morgan fingerprint density at radius 3 is 2.59 bits per heavy atom. The van der Waals surface area contributed by atoms with Crippen molar-refractivity contribution < 1.29 is 4.79 Å². The highest BCUT2D eigenvalue weighted by Crippen LogP contribution is 2.24. The molecule has 27 heavy (non-hydrogen) atoms. The number of amides is 1. The van der Waals surface area contributed by atoms with Gasteiger partial charge in [-0.05, 0) is 64.2 Å². The Morgan fingerprint density at radius 2 is 1.89 bits per heavy atom. The molecule has 4 nitrogen and oxygen atoms in total. The third-order valence-corrected chi connectivity index (χ3v) is 6.02. The Hall–Kier alpha value is -1.65. The first-order valence-corrected chi connectivity index (χ1v) is 10.5. The van der Waals surface area contributed by atoms with Gasteiger partial charge in [-0.2, -0.15) is 0 Å². The number of likely N-dealkylation sites (tertiary alicyclic amines) is 2. The van der Waals surface area contributed by atoms with Crippen molar-refractivity contribution in [2.45, 2.75) is 45.1 Å². The molecule has 1 aromatic rings. The van der Waals surface area contributed by atoms with Crippen LogP contribution >= 0.6 is 0 Å². The van der Waals surface area contributed by atoms with Crippen molar-refractivity contribution in [3.63, 3.8) is 0 Å². The van der Waals surface area contributed by atoms with E-state index in [1.807, 2.05) is 6.92 Å². The number of benzene rings is 1. The fourth-order valence-corrected chi connectivity index (χ4v) is 4.37. The SMILES string of the molecule is C=C(C)CNC(=O)C1CCCN(C2CCN(CCc3ccccc3)CC2)C1. The molecule has 0 spiro atoms. The molecule has 1 atom stereocenters. The number of nitrogens with one attached hydrogen (secondary N) is 1. The molecule has 1 N–H and O–H groups in total. The van der Waals surface area contributed by atoms with Crippen molar-refractivity contribution in [2.24, 2.45) is 5.92 Å². The molecule has 1 unspecified atom stereocenters. The van der Waals surface area contributed by atoms with E-state index in [-0.39, 0.29) is 11.8 Å². The first-order valence-electron chi connectivity index (χ1n) is 10.5. The first-order chi connectivity index (χ1) is 13.1. The molecule has 148 valence electrons. The van der Waals surface area contributed by atoms with Gasteiger partial charge in [0.25, 0.3) is 0 Å². The lowest BCUT2D eigenvalue weighted by molar-refractivity contribution is -0.127. The molecule has 2 saturated heterocycles. The molecule has 0 radical (unpaired) electrons. The summed E-state index contributed by atoms with van der Waals surface area (Å²) in [4.78, 5) is 17.6. The van der Waals surface area contributed by atoms with Crippen LogP contribution in [-0.2, 0) is 11.2 Å². The summed E-state index contributed by atoms with van der Waals surface area (Å²) in [5.41, 5.74) is 2.44. The normalized spacial score (nSPS) is 22.5. The maximum Gasteiger partial charge on any atom is 0.224 e. The molecule has 0 saturated carbocycles. The van der Waals surface area contributed by atoms with Crippen LogP contribution in [-0.4, -0.2) is 61.0 Å². The highest BCUT2D eigenvalue weighted by molar-refractivity contribution is 5.79. The lowest BCUT2D eigenvalue weighted by Gasteiger charge is -2.42. The molecular weight excluding hydrogens is 334 g/mol. The van der Waals surface area contributed by atoms with Crippen molar-refractivity contribution in [1.29, 1.82) is 0 Å². The molecule has 2 heterocycles. The van der Waals surface area contributed by atoms with E-state index in [9.17, 15) is 4.79 Å². The molecule has 0 bridgehead atoms. The van der Waals surface area contributed by atoms with E-state index in [0.29, 0.717) is 12.6 Å². The summed E-state index contributed by atoms with van der Waals surface area (Å²) in [5, 5.41) is 3.04. The Kier molecular flexibility index (Phi) is 7.48. The summed E-state index contributed by atoms with van der Waals surface area (Å²) in [5.74, 6) is 0.359. The minimum atomic E-state index is 0.147. The topological polar surface area (TPSA) is 35.6 Å². The smallest absolute Gasteiger partial charge is 0.224 e. The van der Waals surface area contributed by atoms with Crippen molar-refractivity contribution in [1.82, 2.24) is 15.1 Å². The number of piperidine rings is 2. The number of hydrogen-bond donors (Lipinski definition) is 1. The Bertz CT molecular complexity index is 607. The van der Waals surface area contributed by atoms with Gasteiger partial charge in [0.05, 0.1) is 5.92 Å². The summed E-state index contributed by atoms with van der Waals surface area (Å²) in [6.07, 6.45) is 5.76. The van der Waals surface area contributed by atoms with E-state index in [4.69, 9.17) is 0 Å². The molecular formula is C23H35N3O. The second-order valence-electron chi connectivity index (χ2n) is 8.32. The van der Waals surface area contributed by atoms with Crippen molar-refractivity contribution in [2.75, 3.05) is 39.3 Å². The predicted molar refractivity (Wildman–Crippen MR) is 112 cm³/mol. The van der Waals surface area contributed by atoms with Crippen LogP contribution in [0, 0.1) is 5.92 Å². The standard InChI is InChI=1S/C23H35N3O/c1-19(2)17-24-23(27)21-9-6-13-26(18-21)22-11-15-25(16-12-22)14-10-20-7-4-3-5-8-20/h3-5,7-8,21-22H,1,6,9-18H2,2H3,(H,24,27). The van der Waals surface area contributed by atoms with Crippen LogP contribution in [0.1, 0.15) is 38.2 Å². The Balaban J connectivity index is 1.40. The minimum Gasteiger partial charge on any atom is -0.352 e. The predicted octanol–water partition coefficient (Wildman–Crippen LogP) is 3.10. The molecule has 4 heteroatoms. The van der Waals surface area contributed by atoms with Gasteiger partial charge in [-0.3, -0.25) is 9.69 Å². The second kappa shape index (κ2) is 10.0. The lowest BCUT2D eigenvalue weighted by atomic mass is 9.93. The van der Waals surface area contributed by atoms with Crippen LogP contribution in [0.4, 0.5) is 0 Å². The van der Waals surface area contributed by atoms with Crippen molar-refractivity contribution in [3.05, 3.63) is 48.0 Å². The van der Waals surface area contributed by atoms with E-state index in [1.54, 1.807) is 0 Å². The highest BCUT2D eigenvalue weighted by Gasteiger charge is 2.31. The van der Waals surface area contributed by atoms with Crippen LogP contribution in [0.3, 0.4) is 0 Å². The Labute approximate surface area is 164 Å². The summed E-state index contributed by atoms with van der Waals surface area (Å²) >= 11 is 0. The molecule has 3 rings (SSSR count). The maximum atomic E-state index is 12.4. The van der Waals surface area contributed by atoms with Crippen LogP contribution in [0.2, 0.25) is 0 Å². The van der Waals surface area contributed by atoms with Gasteiger partial charge in [-0.1, -0.05) is 42.5 Å². The van der Waals surface area contributed by atoms with Gasteiger partial charge in [0.2, 0.25) is 5.91 Å². The summed E-state index contributed by atoms with van der Waals surface area (Å²) in [6.45, 7) is 12.0. The third-order valence-electron chi connectivity index (χ3n) is 6.02. The quantitative estimate of drug-likeness (QED) is 0.750. The van der Waals surface area contributed by atoms with Gasteiger partial charge in [-0.15, -0.1) is 0 Å². The van der Waals surface area contributed by atoms with E-state index in [1.165, 1.54) is 31.5 Å². The zero-order valence-electron chi connectivity index (χ0n) is 16.8. The minimum absolute atomic E-state index is 0.147. The first kappa shape index (κ1) is 20.1. The fraction of sp³-hybridized carbons (Fsp3) is 0.609. The van der Waals surface area contributed by atoms with Crippen LogP contribution in [0.15, 0.2) is 42.5 Å². The fourth-order valence-electron chi connectivity index (χ4n) is 4.37. The van der Waals surface area contributed by atoms with Crippen LogP contribution < -0.4 is 5.32 Å².